The second-order valence-corrected chi connectivity index (χ2v) is 6.53. The molecule has 0 spiro atoms. The molecule has 1 aromatic rings. The van der Waals surface area contributed by atoms with Crippen LogP contribution in [0.5, 0.6) is 0 Å². The lowest BCUT2D eigenvalue weighted by Crippen LogP contribution is -2.39. The highest BCUT2D eigenvalue weighted by Gasteiger charge is 2.40. The first-order valence-electron chi connectivity index (χ1n) is 8.07. The van der Waals surface area contributed by atoms with Crippen LogP contribution < -0.4 is 0 Å². The van der Waals surface area contributed by atoms with E-state index in [9.17, 15) is 23.1 Å². The first-order valence-corrected chi connectivity index (χ1v) is 8.07. The number of hydrogen-bond acceptors (Lipinski definition) is 3. The third-order valence-electron chi connectivity index (χ3n) is 4.69. The van der Waals surface area contributed by atoms with Gasteiger partial charge in [-0.3, -0.25) is 4.79 Å². The van der Waals surface area contributed by atoms with Gasteiger partial charge in [-0.15, -0.1) is 0 Å². The van der Waals surface area contributed by atoms with Gasteiger partial charge in [0, 0.05) is 6.54 Å². The van der Waals surface area contributed by atoms with E-state index in [1.54, 1.807) is 0 Å². The van der Waals surface area contributed by atoms with E-state index >= 15 is 0 Å². The van der Waals surface area contributed by atoms with Crippen molar-refractivity contribution in [2.75, 3.05) is 6.54 Å². The Bertz CT molecular complexity index is 602. The summed E-state index contributed by atoms with van der Waals surface area (Å²) in [5.74, 6) is -0.194. The zero-order valence-electron chi connectivity index (χ0n) is 13.3. The molecule has 4 nitrogen and oxygen atoms in total. The minimum absolute atomic E-state index is 0.0241. The summed E-state index contributed by atoms with van der Waals surface area (Å²) in [6.45, 7) is 2.08. The van der Waals surface area contributed by atoms with Crippen molar-refractivity contribution in [2.45, 2.75) is 56.7 Å². The first kappa shape index (κ1) is 17.2. The molecule has 3 rings (SSSR count). The average Bonchev–Trinajstić information content (AvgIpc) is 3.12. The Labute approximate surface area is 138 Å². The summed E-state index contributed by atoms with van der Waals surface area (Å²) in [4.78, 5) is 14.2. The highest BCUT2D eigenvalue weighted by Crippen LogP contribution is 2.36. The van der Waals surface area contributed by atoms with Crippen molar-refractivity contribution in [3.05, 3.63) is 35.4 Å². The van der Waals surface area contributed by atoms with Crippen molar-refractivity contribution in [1.82, 2.24) is 4.90 Å². The predicted octanol–water partition coefficient (Wildman–Crippen LogP) is 2.91. The summed E-state index contributed by atoms with van der Waals surface area (Å²) < 4.78 is 43.6. The Kier molecular flexibility index (Phi) is 4.57. The third-order valence-corrected chi connectivity index (χ3v) is 4.69. The molecular formula is C17H20F3NO3. The highest BCUT2D eigenvalue weighted by atomic mass is 19.4. The number of nitrogens with zero attached hydrogens (tertiary/aromatic N) is 1. The quantitative estimate of drug-likeness (QED) is 0.898. The largest absolute Gasteiger partial charge is 0.416 e. The summed E-state index contributed by atoms with van der Waals surface area (Å²) in [6.07, 6.45) is -3.82. The molecule has 7 heteroatoms. The van der Waals surface area contributed by atoms with E-state index < -0.39 is 30.0 Å². The number of β-amino-alcohol motifs (C(OH)–C–C–N with tert-alkyl or cyclic N) is 1. The number of aliphatic hydroxyl groups is 1. The van der Waals surface area contributed by atoms with Crippen LogP contribution >= 0.6 is 0 Å². The molecule has 1 aromatic carbocycles. The van der Waals surface area contributed by atoms with Crippen molar-refractivity contribution in [3.8, 4) is 0 Å². The summed E-state index contributed by atoms with van der Waals surface area (Å²) >= 11 is 0. The number of rotatable bonds is 2. The number of alkyl halides is 3. The van der Waals surface area contributed by atoms with Gasteiger partial charge in [-0.2, -0.15) is 13.2 Å². The predicted molar refractivity (Wildman–Crippen MR) is 80.1 cm³/mol. The van der Waals surface area contributed by atoms with Gasteiger partial charge in [0.05, 0.1) is 23.8 Å². The molecule has 4 atom stereocenters. The number of halogens is 3. The molecule has 0 bridgehead atoms. The number of likely N-dealkylation sites (tertiary alicyclic amines) is 1. The number of amides is 1. The van der Waals surface area contributed by atoms with E-state index in [1.165, 1.54) is 17.0 Å². The number of ether oxygens (including phenoxy) is 1. The summed E-state index contributed by atoms with van der Waals surface area (Å²) in [5, 5.41) is 9.94. The van der Waals surface area contributed by atoms with E-state index in [4.69, 9.17) is 4.74 Å². The van der Waals surface area contributed by atoms with Crippen LogP contribution in [0.3, 0.4) is 0 Å². The topological polar surface area (TPSA) is 49.8 Å². The number of aliphatic hydroxyl groups excluding tert-OH is 1. The zero-order valence-corrected chi connectivity index (χ0v) is 13.3. The van der Waals surface area contributed by atoms with Crippen LogP contribution in [0.2, 0.25) is 0 Å². The van der Waals surface area contributed by atoms with Crippen molar-refractivity contribution < 1.29 is 27.8 Å². The van der Waals surface area contributed by atoms with Crippen LogP contribution in [-0.2, 0) is 15.7 Å². The fraction of sp³-hybridized carbons (Fsp3) is 0.588. The minimum atomic E-state index is -4.39. The lowest BCUT2D eigenvalue weighted by molar-refractivity contribution is -0.144. The Balaban J connectivity index is 1.79. The molecule has 132 valence electrons. The molecule has 2 saturated heterocycles. The van der Waals surface area contributed by atoms with Gasteiger partial charge in [0.1, 0.15) is 6.10 Å². The maximum Gasteiger partial charge on any atom is 0.416 e. The van der Waals surface area contributed by atoms with Crippen LogP contribution in [0, 0.1) is 0 Å². The molecule has 24 heavy (non-hydrogen) atoms. The fourth-order valence-corrected chi connectivity index (χ4v) is 3.44. The second kappa shape index (κ2) is 6.37. The molecule has 0 aromatic heterocycles. The maximum atomic E-state index is 12.7. The number of carbonyl (C=O) groups excluding carboxylic acids is 1. The van der Waals surface area contributed by atoms with Gasteiger partial charge < -0.3 is 14.7 Å². The fourth-order valence-electron chi connectivity index (χ4n) is 3.44. The molecule has 1 N–H and O–H groups in total. The molecule has 1 amide bonds. The lowest BCUT2D eigenvalue weighted by Gasteiger charge is -2.27. The minimum Gasteiger partial charge on any atom is -0.391 e. The number of benzene rings is 1. The van der Waals surface area contributed by atoms with Crippen LogP contribution in [0.4, 0.5) is 13.2 Å². The Morgan fingerprint density at radius 3 is 2.46 bits per heavy atom. The van der Waals surface area contributed by atoms with Crippen molar-refractivity contribution in [3.63, 3.8) is 0 Å². The Morgan fingerprint density at radius 2 is 1.92 bits per heavy atom. The van der Waals surface area contributed by atoms with Crippen molar-refractivity contribution in [2.24, 2.45) is 0 Å². The van der Waals surface area contributed by atoms with Gasteiger partial charge in [-0.1, -0.05) is 12.1 Å². The maximum absolute atomic E-state index is 12.7. The van der Waals surface area contributed by atoms with E-state index in [-0.39, 0.29) is 18.6 Å². The van der Waals surface area contributed by atoms with Gasteiger partial charge in [-0.05, 0) is 43.9 Å². The van der Waals surface area contributed by atoms with E-state index in [1.807, 2.05) is 6.92 Å². The van der Waals surface area contributed by atoms with Crippen LogP contribution in [-0.4, -0.2) is 40.8 Å². The van der Waals surface area contributed by atoms with Gasteiger partial charge in [0.15, 0.2) is 0 Å². The molecule has 0 saturated carbocycles. The SMILES string of the molecule is C[C@@H]1CC[C@H](C(=O)N2C[C@@H](O)C[C@@H]2c2ccc(C(F)(F)F)cc2)O1. The van der Waals surface area contributed by atoms with Crippen molar-refractivity contribution >= 4 is 5.91 Å². The first-order chi connectivity index (χ1) is 11.3. The van der Waals surface area contributed by atoms with E-state index in [0.29, 0.717) is 18.4 Å². The zero-order chi connectivity index (χ0) is 17.5. The molecular weight excluding hydrogens is 323 g/mol. The smallest absolute Gasteiger partial charge is 0.391 e. The van der Waals surface area contributed by atoms with Crippen LogP contribution in [0.15, 0.2) is 24.3 Å². The number of carbonyl (C=O) groups is 1. The molecule has 0 radical (unpaired) electrons. The van der Waals surface area contributed by atoms with Crippen LogP contribution in [0.1, 0.15) is 43.4 Å². The molecule has 2 heterocycles. The summed E-state index contributed by atoms with van der Waals surface area (Å²) in [7, 11) is 0. The monoisotopic (exact) mass is 343 g/mol. The van der Waals surface area contributed by atoms with Crippen molar-refractivity contribution in [1.29, 1.82) is 0 Å². The summed E-state index contributed by atoms with van der Waals surface area (Å²) in [5.41, 5.74) is -0.130. The Hall–Kier alpha value is -1.60. The van der Waals surface area contributed by atoms with Gasteiger partial charge in [0.2, 0.25) is 0 Å². The van der Waals surface area contributed by atoms with Gasteiger partial charge in [0.25, 0.3) is 5.91 Å². The normalized spacial score (nSPS) is 30.8. The third kappa shape index (κ3) is 3.42. The number of hydrogen-bond donors (Lipinski definition) is 1. The lowest BCUT2D eigenvalue weighted by atomic mass is 10.0. The standard InChI is InChI=1S/C17H20F3NO3/c1-10-2-7-15(24-10)16(23)21-9-13(22)8-14(21)11-3-5-12(6-4-11)17(18,19)20/h3-6,10,13-15,22H,2,7-9H2,1H3/t10-,13+,14-,15-/m1/s1. The molecule has 0 aliphatic carbocycles. The highest BCUT2D eigenvalue weighted by molar-refractivity contribution is 5.82. The molecule has 2 fully saturated rings. The average molecular weight is 343 g/mol. The van der Waals surface area contributed by atoms with Gasteiger partial charge >= 0.3 is 6.18 Å². The van der Waals surface area contributed by atoms with Crippen LogP contribution in [0.25, 0.3) is 0 Å². The summed E-state index contributed by atoms with van der Waals surface area (Å²) in [6, 6.07) is 4.36. The van der Waals surface area contributed by atoms with E-state index in [2.05, 4.69) is 0 Å². The molecule has 0 unspecified atom stereocenters. The van der Waals surface area contributed by atoms with E-state index in [0.717, 1.165) is 18.6 Å². The Morgan fingerprint density at radius 1 is 1.25 bits per heavy atom. The molecule has 2 aliphatic heterocycles. The van der Waals surface area contributed by atoms with Gasteiger partial charge in [-0.25, -0.2) is 0 Å². The second-order valence-electron chi connectivity index (χ2n) is 6.53. The molecule has 2 aliphatic rings.